The van der Waals surface area contributed by atoms with Gasteiger partial charge >= 0.3 is 0 Å². The minimum absolute atomic E-state index is 0.177. The van der Waals surface area contributed by atoms with Gasteiger partial charge < -0.3 is 15.1 Å². The van der Waals surface area contributed by atoms with E-state index in [0.29, 0.717) is 16.5 Å². The summed E-state index contributed by atoms with van der Waals surface area (Å²) in [5.74, 6) is 0.280. The van der Waals surface area contributed by atoms with Gasteiger partial charge in [-0.1, -0.05) is 25.1 Å². The second-order valence-corrected chi connectivity index (χ2v) is 8.81. The Balaban J connectivity index is 1.70. The van der Waals surface area contributed by atoms with E-state index in [1.54, 1.807) is 12.1 Å². The molecule has 0 unspecified atom stereocenters. The van der Waals surface area contributed by atoms with Gasteiger partial charge in [0.05, 0.1) is 11.8 Å². The third kappa shape index (κ3) is 3.85. The average molecular weight is 409 g/mol. The van der Waals surface area contributed by atoms with Crippen LogP contribution in [0.5, 0.6) is 0 Å². The van der Waals surface area contributed by atoms with E-state index in [-0.39, 0.29) is 17.6 Å². The molecule has 150 valence electrons. The van der Waals surface area contributed by atoms with E-state index in [1.165, 1.54) is 22.5 Å². The van der Waals surface area contributed by atoms with E-state index < -0.39 is 0 Å². The van der Waals surface area contributed by atoms with Crippen molar-refractivity contribution in [1.82, 2.24) is 0 Å². The first-order chi connectivity index (χ1) is 13.9. The number of thiophene rings is 1. The molecule has 0 aliphatic heterocycles. The van der Waals surface area contributed by atoms with Crippen molar-refractivity contribution in [1.29, 1.82) is 0 Å². The molecule has 0 bridgehead atoms. The highest BCUT2D eigenvalue weighted by Crippen LogP contribution is 2.40. The summed E-state index contributed by atoms with van der Waals surface area (Å²) in [7, 11) is 0. The Kier molecular flexibility index (Phi) is 5.28. The molecule has 2 aromatic heterocycles. The summed E-state index contributed by atoms with van der Waals surface area (Å²) in [6.07, 6.45) is 4.28. The van der Waals surface area contributed by atoms with Gasteiger partial charge in [-0.05, 0) is 67.9 Å². The minimum atomic E-state index is -0.345. The molecule has 5 nitrogen and oxygen atoms in total. The first-order valence-corrected chi connectivity index (χ1v) is 10.6. The summed E-state index contributed by atoms with van der Waals surface area (Å²) in [4.78, 5) is 27.1. The van der Waals surface area contributed by atoms with Gasteiger partial charge in [0.25, 0.3) is 11.8 Å². The van der Waals surface area contributed by atoms with Crippen molar-refractivity contribution in [3.63, 3.8) is 0 Å². The number of carbonyl (C=O) groups excluding carboxylic acids is 2. The van der Waals surface area contributed by atoms with Crippen LogP contribution < -0.4 is 10.6 Å². The first-order valence-electron chi connectivity index (χ1n) is 9.81. The second-order valence-electron chi connectivity index (χ2n) is 7.71. The molecule has 2 N–H and O–H groups in total. The highest BCUT2D eigenvalue weighted by atomic mass is 32.1. The molecule has 0 spiro atoms. The topological polar surface area (TPSA) is 71.3 Å². The molecule has 4 rings (SSSR count). The van der Waals surface area contributed by atoms with Gasteiger partial charge in [-0.15, -0.1) is 11.3 Å². The van der Waals surface area contributed by atoms with Crippen molar-refractivity contribution in [2.24, 2.45) is 5.92 Å². The Morgan fingerprint density at radius 1 is 1.07 bits per heavy atom. The Hall–Kier alpha value is -2.86. The standard InChI is InChI=1S/C23H24N2O3S/c1-13-9-10-16-18(12-13)29-23(25-21(26)17-8-5-11-28-17)19(16)22(27)24-20-14(2)6-4-7-15(20)3/h4-8,11,13H,9-10,12H2,1-3H3,(H,24,27)(H,25,26)/t13-/m0/s1. The maximum Gasteiger partial charge on any atom is 0.291 e. The molecule has 0 radical (unpaired) electrons. The van der Waals surface area contributed by atoms with Crippen LogP contribution in [0.4, 0.5) is 10.7 Å². The summed E-state index contributed by atoms with van der Waals surface area (Å²) in [5.41, 5.74) is 4.49. The fourth-order valence-electron chi connectivity index (χ4n) is 3.84. The highest BCUT2D eigenvalue weighted by Gasteiger charge is 2.29. The average Bonchev–Trinajstić information content (AvgIpc) is 3.32. The lowest BCUT2D eigenvalue weighted by atomic mass is 9.88. The van der Waals surface area contributed by atoms with Gasteiger partial charge in [0.1, 0.15) is 5.00 Å². The third-order valence-electron chi connectivity index (χ3n) is 5.43. The van der Waals surface area contributed by atoms with Crippen molar-refractivity contribution >= 4 is 33.8 Å². The summed E-state index contributed by atoms with van der Waals surface area (Å²) in [5, 5.41) is 6.58. The fraction of sp³-hybridized carbons (Fsp3) is 0.304. The Morgan fingerprint density at radius 3 is 2.52 bits per heavy atom. The number of nitrogens with one attached hydrogen (secondary N) is 2. The number of hydrogen-bond acceptors (Lipinski definition) is 4. The number of benzene rings is 1. The minimum Gasteiger partial charge on any atom is -0.459 e. The van der Waals surface area contributed by atoms with Crippen molar-refractivity contribution in [2.75, 3.05) is 10.6 Å². The molecule has 3 aromatic rings. The molecule has 0 saturated heterocycles. The Morgan fingerprint density at radius 2 is 1.83 bits per heavy atom. The molecule has 29 heavy (non-hydrogen) atoms. The van der Waals surface area contributed by atoms with Crippen molar-refractivity contribution in [3.8, 4) is 0 Å². The predicted molar refractivity (Wildman–Crippen MR) is 116 cm³/mol. The van der Waals surface area contributed by atoms with E-state index in [4.69, 9.17) is 4.42 Å². The van der Waals surface area contributed by atoms with Gasteiger partial charge in [-0.3, -0.25) is 9.59 Å². The third-order valence-corrected chi connectivity index (χ3v) is 6.60. The van der Waals surface area contributed by atoms with Crippen LogP contribution in [0.3, 0.4) is 0 Å². The number of carbonyl (C=O) groups is 2. The van der Waals surface area contributed by atoms with Crippen LogP contribution in [0.2, 0.25) is 0 Å². The number of anilines is 2. The second kappa shape index (κ2) is 7.87. The zero-order valence-electron chi connectivity index (χ0n) is 16.8. The van der Waals surface area contributed by atoms with Crippen LogP contribution in [0.15, 0.2) is 41.0 Å². The summed E-state index contributed by atoms with van der Waals surface area (Å²) in [6.45, 7) is 6.18. The number of rotatable bonds is 4. The van der Waals surface area contributed by atoms with Crippen molar-refractivity contribution in [2.45, 2.75) is 40.0 Å². The monoisotopic (exact) mass is 408 g/mol. The lowest BCUT2D eigenvalue weighted by Crippen LogP contribution is -2.20. The molecule has 0 saturated carbocycles. The summed E-state index contributed by atoms with van der Waals surface area (Å²) in [6, 6.07) is 9.22. The quantitative estimate of drug-likeness (QED) is 0.591. The zero-order chi connectivity index (χ0) is 20.5. The SMILES string of the molecule is Cc1cccc(C)c1NC(=O)c1c(NC(=O)c2ccco2)sc2c1CC[C@H](C)C2. The first kappa shape index (κ1) is 19.5. The van der Waals surface area contributed by atoms with Crippen LogP contribution in [-0.4, -0.2) is 11.8 Å². The van der Waals surface area contributed by atoms with E-state index in [2.05, 4.69) is 17.6 Å². The fourth-order valence-corrected chi connectivity index (χ4v) is 5.24. The molecule has 6 heteroatoms. The van der Waals surface area contributed by atoms with Gasteiger partial charge in [-0.25, -0.2) is 0 Å². The van der Waals surface area contributed by atoms with Crippen LogP contribution in [-0.2, 0) is 12.8 Å². The van der Waals surface area contributed by atoms with E-state index >= 15 is 0 Å². The lowest BCUT2D eigenvalue weighted by Gasteiger charge is -2.19. The predicted octanol–water partition coefficient (Wildman–Crippen LogP) is 5.59. The molecular formula is C23H24N2O3S. The van der Waals surface area contributed by atoms with Crippen LogP contribution in [0.1, 0.15) is 55.8 Å². The van der Waals surface area contributed by atoms with Gasteiger partial charge in [-0.2, -0.15) is 0 Å². The molecule has 1 atom stereocenters. The van der Waals surface area contributed by atoms with Crippen LogP contribution in [0, 0.1) is 19.8 Å². The Labute approximate surface area is 174 Å². The number of para-hydroxylation sites is 1. The zero-order valence-corrected chi connectivity index (χ0v) is 17.6. The van der Waals surface area contributed by atoms with Gasteiger partial charge in [0.2, 0.25) is 0 Å². The number of amides is 2. The largest absolute Gasteiger partial charge is 0.459 e. The van der Waals surface area contributed by atoms with E-state index in [1.807, 2.05) is 32.0 Å². The molecule has 1 aromatic carbocycles. The van der Waals surface area contributed by atoms with E-state index in [0.717, 1.165) is 41.6 Å². The molecule has 2 heterocycles. The number of fused-ring (bicyclic) bond motifs is 1. The normalized spacial score (nSPS) is 15.6. The van der Waals surface area contributed by atoms with Crippen molar-refractivity contribution < 1.29 is 14.0 Å². The Bertz CT molecular complexity index is 1050. The molecule has 2 amide bonds. The summed E-state index contributed by atoms with van der Waals surface area (Å²) < 4.78 is 5.21. The van der Waals surface area contributed by atoms with Crippen LogP contribution in [0.25, 0.3) is 0 Å². The number of furan rings is 1. The maximum absolute atomic E-state index is 13.3. The number of hydrogen-bond donors (Lipinski definition) is 2. The lowest BCUT2D eigenvalue weighted by molar-refractivity contribution is 0.0997. The molecule has 1 aliphatic rings. The molecule has 0 fully saturated rings. The van der Waals surface area contributed by atoms with E-state index in [9.17, 15) is 9.59 Å². The van der Waals surface area contributed by atoms with Gasteiger partial charge in [0.15, 0.2) is 5.76 Å². The maximum atomic E-state index is 13.3. The molecule has 1 aliphatic carbocycles. The summed E-state index contributed by atoms with van der Waals surface area (Å²) >= 11 is 1.50. The molecular weight excluding hydrogens is 384 g/mol. The highest BCUT2D eigenvalue weighted by molar-refractivity contribution is 7.17. The van der Waals surface area contributed by atoms with Crippen molar-refractivity contribution in [3.05, 3.63) is 69.5 Å². The van der Waals surface area contributed by atoms with Crippen LogP contribution >= 0.6 is 11.3 Å². The number of aryl methyl sites for hydroxylation is 2. The smallest absolute Gasteiger partial charge is 0.291 e. The van der Waals surface area contributed by atoms with Gasteiger partial charge in [0, 0.05) is 10.6 Å².